The SMILES string of the molecule is CCCCN(C)CCC(O)c1ccc(SCC)cc1. The van der Waals surface area contributed by atoms with Crippen molar-refractivity contribution in [3.63, 3.8) is 0 Å². The van der Waals surface area contributed by atoms with Crippen LogP contribution in [0.15, 0.2) is 29.2 Å². The van der Waals surface area contributed by atoms with Gasteiger partial charge >= 0.3 is 0 Å². The van der Waals surface area contributed by atoms with Crippen LogP contribution in [-0.4, -0.2) is 35.9 Å². The van der Waals surface area contributed by atoms with Crippen LogP contribution in [0.3, 0.4) is 0 Å². The van der Waals surface area contributed by atoms with Crippen LogP contribution in [0.1, 0.15) is 44.8 Å². The molecule has 0 amide bonds. The number of aliphatic hydroxyl groups is 1. The molecule has 3 heteroatoms. The van der Waals surface area contributed by atoms with Gasteiger partial charge in [-0.3, -0.25) is 0 Å². The number of nitrogens with zero attached hydrogens (tertiary/aromatic N) is 1. The van der Waals surface area contributed by atoms with Crippen LogP contribution >= 0.6 is 11.8 Å². The lowest BCUT2D eigenvalue weighted by atomic mass is 10.1. The summed E-state index contributed by atoms with van der Waals surface area (Å²) in [5, 5.41) is 10.2. The van der Waals surface area contributed by atoms with E-state index in [1.165, 1.54) is 17.7 Å². The Balaban J connectivity index is 2.38. The standard InChI is InChI=1S/C16H27NOS/c1-4-6-12-17(3)13-11-16(18)14-7-9-15(10-8-14)19-5-2/h7-10,16,18H,4-6,11-13H2,1-3H3. The molecule has 0 saturated heterocycles. The smallest absolute Gasteiger partial charge is 0.0802 e. The van der Waals surface area contributed by atoms with Gasteiger partial charge in [0.25, 0.3) is 0 Å². The summed E-state index contributed by atoms with van der Waals surface area (Å²) < 4.78 is 0. The predicted molar refractivity (Wildman–Crippen MR) is 84.8 cm³/mol. The van der Waals surface area contributed by atoms with E-state index in [4.69, 9.17) is 0 Å². The van der Waals surface area contributed by atoms with Gasteiger partial charge in [-0.2, -0.15) is 0 Å². The van der Waals surface area contributed by atoms with Crippen molar-refractivity contribution in [3.8, 4) is 0 Å². The summed E-state index contributed by atoms with van der Waals surface area (Å²) in [6.45, 7) is 6.43. The molecule has 0 aliphatic carbocycles. The third kappa shape index (κ3) is 6.46. The molecule has 1 atom stereocenters. The van der Waals surface area contributed by atoms with E-state index >= 15 is 0 Å². The minimum absolute atomic E-state index is 0.343. The molecule has 1 aromatic rings. The highest BCUT2D eigenvalue weighted by molar-refractivity contribution is 7.99. The molecule has 1 rings (SSSR count). The fourth-order valence-corrected chi connectivity index (χ4v) is 2.66. The molecule has 1 unspecified atom stereocenters. The highest BCUT2D eigenvalue weighted by atomic mass is 32.2. The predicted octanol–water partition coefficient (Wildman–Crippen LogP) is 3.95. The molecule has 0 radical (unpaired) electrons. The summed E-state index contributed by atoms with van der Waals surface area (Å²) in [5.74, 6) is 1.09. The average Bonchev–Trinajstić information content (AvgIpc) is 2.43. The fourth-order valence-electron chi connectivity index (χ4n) is 2.00. The van der Waals surface area contributed by atoms with Crippen molar-refractivity contribution in [2.45, 2.75) is 44.1 Å². The largest absolute Gasteiger partial charge is 0.388 e. The number of unbranched alkanes of at least 4 members (excludes halogenated alkanes) is 1. The van der Waals surface area contributed by atoms with E-state index in [9.17, 15) is 5.11 Å². The van der Waals surface area contributed by atoms with E-state index in [1.807, 2.05) is 11.8 Å². The third-order valence-electron chi connectivity index (χ3n) is 3.25. The average molecular weight is 281 g/mol. The monoisotopic (exact) mass is 281 g/mol. The van der Waals surface area contributed by atoms with Crippen LogP contribution in [0.4, 0.5) is 0 Å². The second kappa shape index (κ2) is 9.40. The number of hydrogen-bond acceptors (Lipinski definition) is 3. The summed E-state index contributed by atoms with van der Waals surface area (Å²) in [4.78, 5) is 3.58. The molecule has 19 heavy (non-hydrogen) atoms. The number of benzene rings is 1. The van der Waals surface area contributed by atoms with E-state index < -0.39 is 0 Å². The molecule has 0 aliphatic heterocycles. The normalized spacial score (nSPS) is 12.9. The Bertz CT molecular complexity index is 339. The molecule has 2 nitrogen and oxygen atoms in total. The van der Waals surface area contributed by atoms with Gasteiger partial charge < -0.3 is 10.0 Å². The summed E-state index contributed by atoms with van der Waals surface area (Å²) in [6, 6.07) is 8.31. The summed E-state index contributed by atoms with van der Waals surface area (Å²) in [5.41, 5.74) is 1.03. The van der Waals surface area contributed by atoms with Gasteiger partial charge in [-0.25, -0.2) is 0 Å². The third-order valence-corrected chi connectivity index (χ3v) is 4.15. The molecule has 108 valence electrons. The van der Waals surface area contributed by atoms with Crippen molar-refractivity contribution in [1.82, 2.24) is 4.90 Å². The molecule has 0 saturated carbocycles. The van der Waals surface area contributed by atoms with Gasteiger partial charge in [-0.1, -0.05) is 32.4 Å². The van der Waals surface area contributed by atoms with Gasteiger partial charge in [-0.05, 0) is 49.9 Å². The van der Waals surface area contributed by atoms with Crippen molar-refractivity contribution >= 4 is 11.8 Å². The Hall–Kier alpha value is -0.510. The minimum atomic E-state index is -0.343. The zero-order valence-corrected chi connectivity index (χ0v) is 13.2. The lowest BCUT2D eigenvalue weighted by Crippen LogP contribution is -2.22. The van der Waals surface area contributed by atoms with Crippen LogP contribution in [0.2, 0.25) is 0 Å². The maximum atomic E-state index is 10.2. The van der Waals surface area contributed by atoms with Gasteiger partial charge in [0.1, 0.15) is 0 Å². The summed E-state index contributed by atoms with van der Waals surface area (Å²) >= 11 is 1.83. The quantitative estimate of drug-likeness (QED) is 0.693. The Morgan fingerprint density at radius 3 is 2.42 bits per heavy atom. The molecular weight excluding hydrogens is 254 g/mol. The number of hydrogen-bond donors (Lipinski definition) is 1. The first-order chi connectivity index (χ1) is 9.17. The first-order valence-electron chi connectivity index (χ1n) is 7.26. The van der Waals surface area contributed by atoms with E-state index in [2.05, 4.69) is 50.1 Å². The van der Waals surface area contributed by atoms with E-state index in [0.717, 1.165) is 30.8 Å². The molecular formula is C16H27NOS. The second-order valence-electron chi connectivity index (χ2n) is 4.96. The van der Waals surface area contributed by atoms with Crippen LogP contribution in [0.25, 0.3) is 0 Å². The lowest BCUT2D eigenvalue weighted by Gasteiger charge is -2.18. The Labute approximate surface area is 122 Å². The highest BCUT2D eigenvalue weighted by Gasteiger charge is 2.08. The van der Waals surface area contributed by atoms with Crippen molar-refractivity contribution in [2.24, 2.45) is 0 Å². The molecule has 0 spiro atoms. The molecule has 0 fully saturated rings. The van der Waals surface area contributed by atoms with Gasteiger partial charge in [-0.15, -0.1) is 11.8 Å². The first kappa shape index (κ1) is 16.5. The molecule has 0 aliphatic rings. The van der Waals surface area contributed by atoms with Gasteiger partial charge in [0.15, 0.2) is 0 Å². The van der Waals surface area contributed by atoms with Gasteiger partial charge in [0, 0.05) is 11.4 Å². The van der Waals surface area contributed by atoms with E-state index in [1.54, 1.807) is 0 Å². The van der Waals surface area contributed by atoms with Gasteiger partial charge in [0.2, 0.25) is 0 Å². The Morgan fingerprint density at radius 1 is 1.16 bits per heavy atom. The van der Waals surface area contributed by atoms with Gasteiger partial charge in [0.05, 0.1) is 6.10 Å². The van der Waals surface area contributed by atoms with Crippen molar-refractivity contribution in [1.29, 1.82) is 0 Å². The zero-order valence-electron chi connectivity index (χ0n) is 12.4. The summed E-state index contributed by atoms with van der Waals surface area (Å²) in [7, 11) is 2.13. The maximum absolute atomic E-state index is 10.2. The number of rotatable bonds is 9. The molecule has 0 aromatic heterocycles. The van der Waals surface area contributed by atoms with E-state index in [0.29, 0.717) is 0 Å². The van der Waals surface area contributed by atoms with Crippen LogP contribution in [0, 0.1) is 0 Å². The topological polar surface area (TPSA) is 23.5 Å². The second-order valence-corrected chi connectivity index (χ2v) is 6.30. The zero-order chi connectivity index (χ0) is 14.1. The number of aliphatic hydroxyl groups excluding tert-OH is 1. The Morgan fingerprint density at radius 2 is 1.84 bits per heavy atom. The number of thioether (sulfide) groups is 1. The molecule has 1 N–H and O–H groups in total. The molecule has 1 aromatic carbocycles. The first-order valence-corrected chi connectivity index (χ1v) is 8.25. The van der Waals surface area contributed by atoms with Crippen molar-refractivity contribution < 1.29 is 5.11 Å². The van der Waals surface area contributed by atoms with Crippen LogP contribution < -0.4 is 0 Å². The van der Waals surface area contributed by atoms with Crippen molar-refractivity contribution in [2.75, 3.05) is 25.9 Å². The molecule has 0 bridgehead atoms. The fraction of sp³-hybridized carbons (Fsp3) is 0.625. The Kier molecular flexibility index (Phi) is 8.19. The molecule has 0 heterocycles. The minimum Gasteiger partial charge on any atom is -0.388 e. The van der Waals surface area contributed by atoms with Crippen LogP contribution in [-0.2, 0) is 0 Å². The van der Waals surface area contributed by atoms with Crippen molar-refractivity contribution in [3.05, 3.63) is 29.8 Å². The maximum Gasteiger partial charge on any atom is 0.0802 e. The highest BCUT2D eigenvalue weighted by Crippen LogP contribution is 2.22. The van der Waals surface area contributed by atoms with Crippen LogP contribution in [0.5, 0.6) is 0 Å². The van der Waals surface area contributed by atoms with E-state index in [-0.39, 0.29) is 6.10 Å². The summed E-state index contributed by atoms with van der Waals surface area (Å²) in [6.07, 6.45) is 2.92. The lowest BCUT2D eigenvalue weighted by molar-refractivity contribution is 0.148.